The number of urea groups is 1. The molecule has 0 atom stereocenters. The van der Waals surface area contributed by atoms with Crippen molar-refractivity contribution in [3.05, 3.63) is 53.9 Å². The van der Waals surface area contributed by atoms with Crippen molar-refractivity contribution in [3.63, 3.8) is 0 Å². The van der Waals surface area contributed by atoms with Gasteiger partial charge in [0.25, 0.3) is 0 Å². The van der Waals surface area contributed by atoms with Crippen LogP contribution in [-0.2, 0) is 0 Å². The van der Waals surface area contributed by atoms with E-state index < -0.39 is 0 Å². The number of aromatic amines is 1. The third kappa shape index (κ3) is 4.63. The van der Waals surface area contributed by atoms with Crippen LogP contribution in [0.15, 0.2) is 42.5 Å². The van der Waals surface area contributed by atoms with Crippen LogP contribution in [0.2, 0.25) is 0 Å². The third-order valence-electron chi connectivity index (χ3n) is 4.68. The summed E-state index contributed by atoms with van der Waals surface area (Å²) >= 11 is 0. The first kappa shape index (κ1) is 18.7. The zero-order valence-electron chi connectivity index (χ0n) is 16.5. The molecule has 0 radical (unpaired) electrons. The number of nitrogens with zero attached hydrogens (tertiary/aromatic N) is 5. The van der Waals surface area contributed by atoms with Crippen molar-refractivity contribution in [1.29, 1.82) is 0 Å². The normalized spacial score (nSPS) is 14.0. The Morgan fingerprint density at radius 2 is 1.76 bits per heavy atom. The van der Waals surface area contributed by atoms with Crippen LogP contribution in [0, 0.1) is 13.8 Å². The molecule has 29 heavy (non-hydrogen) atoms. The molecule has 1 saturated heterocycles. The van der Waals surface area contributed by atoms with E-state index in [4.69, 9.17) is 0 Å². The number of anilines is 4. The van der Waals surface area contributed by atoms with Crippen molar-refractivity contribution in [2.75, 3.05) is 41.7 Å². The molecule has 9 nitrogen and oxygen atoms in total. The average Bonchev–Trinajstić information content (AvgIpc) is 3.13. The summed E-state index contributed by atoms with van der Waals surface area (Å²) in [6.45, 7) is 6.45. The van der Waals surface area contributed by atoms with Gasteiger partial charge in [-0.25, -0.2) is 9.78 Å². The van der Waals surface area contributed by atoms with E-state index in [1.54, 1.807) is 0 Å². The zero-order valence-corrected chi connectivity index (χ0v) is 16.5. The molecule has 0 saturated carbocycles. The first-order valence-corrected chi connectivity index (χ1v) is 9.57. The monoisotopic (exact) mass is 392 g/mol. The van der Waals surface area contributed by atoms with Crippen LogP contribution in [0.3, 0.4) is 0 Å². The fourth-order valence-corrected chi connectivity index (χ4v) is 3.21. The highest BCUT2D eigenvalue weighted by Crippen LogP contribution is 2.19. The molecular weight excluding hydrogens is 368 g/mol. The smallest absolute Gasteiger partial charge is 0.321 e. The number of carbonyl (C=O) groups excluding carboxylic acids is 1. The first-order chi connectivity index (χ1) is 14.1. The number of benzene rings is 1. The molecule has 9 heteroatoms. The van der Waals surface area contributed by atoms with Gasteiger partial charge in [0.1, 0.15) is 5.82 Å². The highest BCUT2D eigenvalue weighted by molar-refractivity contribution is 5.89. The van der Waals surface area contributed by atoms with Crippen LogP contribution in [0.5, 0.6) is 0 Å². The van der Waals surface area contributed by atoms with E-state index in [0.29, 0.717) is 43.8 Å². The van der Waals surface area contributed by atoms with Gasteiger partial charge in [0, 0.05) is 55.4 Å². The lowest BCUT2D eigenvalue weighted by molar-refractivity contribution is 0.208. The molecule has 3 heterocycles. The highest BCUT2D eigenvalue weighted by atomic mass is 16.2. The predicted octanol–water partition coefficient (Wildman–Crippen LogP) is 2.91. The van der Waals surface area contributed by atoms with Crippen LogP contribution in [-0.4, -0.2) is 57.3 Å². The molecular formula is C20H24N8O. The maximum Gasteiger partial charge on any atom is 0.321 e. The van der Waals surface area contributed by atoms with Gasteiger partial charge in [-0.05, 0) is 26.0 Å². The van der Waals surface area contributed by atoms with Crippen molar-refractivity contribution in [2.24, 2.45) is 0 Å². The quantitative estimate of drug-likeness (QED) is 0.631. The largest absolute Gasteiger partial charge is 0.337 e. The summed E-state index contributed by atoms with van der Waals surface area (Å²) in [5.74, 6) is 2.07. The maximum absolute atomic E-state index is 12.5. The Balaban J connectivity index is 1.38. The topological polar surface area (TPSA) is 102 Å². The minimum absolute atomic E-state index is 0.0859. The Bertz CT molecular complexity index is 979. The van der Waals surface area contributed by atoms with E-state index in [9.17, 15) is 4.79 Å². The van der Waals surface area contributed by atoms with E-state index in [2.05, 4.69) is 35.7 Å². The number of aromatic nitrogens is 4. The lowest BCUT2D eigenvalue weighted by Gasteiger charge is -2.34. The Morgan fingerprint density at radius 3 is 2.45 bits per heavy atom. The second-order valence-corrected chi connectivity index (χ2v) is 7.03. The molecule has 3 aromatic rings. The number of nitrogens with one attached hydrogen (secondary N) is 3. The Hall–Kier alpha value is -3.62. The minimum atomic E-state index is -0.0859. The number of piperazine rings is 1. The van der Waals surface area contributed by atoms with Gasteiger partial charge in [0.05, 0.1) is 0 Å². The summed E-state index contributed by atoms with van der Waals surface area (Å²) in [6, 6.07) is 13.2. The summed E-state index contributed by atoms with van der Waals surface area (Å²) in [5, 5.41) is 13.2. The molecule has 0 aliphatic carbocycles. The molecule has 4 rings (SSSR count). The summed E-state index contributed by atoms with van der Waals surface area (Å²) in [7, 11) is 0. The van der Waals surface area contributed by atoms with Gasteiger partial charge < -0.3 is 20.4 Å². The van der Waals surface area contributed by atoms with Crippen LogP contribution in [0.4, 0.5) is 28.1 Å². The highest BCUT2D eigenvalue weighted by Gasteiger charge is 2.23. The number of aryl methyl sites for hydroxylation is 2. The van der Waals surface area contributed by atoms with Crippen LogP contribution < -0.4 is 15.5 Å². The molecule has 150 valence electrons. The number of para-hydroxylation sites is 1. The average molecular weight is 392 g/mol. The summed E-state index contributed by atoms with van der Waals surface area (Å²) in [6.07, 6.45) is 0. The maximum atomic E-state index is 12.5. The molecule has 0 bridgehead atoms. The predicted molar refractivity (Wildman–Crippen MR) is 113 cm³/mol. The van der Waals surface area contributed by atoms with Gasteiger partial charge in [-0.1, -0.05) is 18.2 Å². The van der Waals surface area contributed by atoms with E-state index in [1.807, 2.05) is 61.2 Å². The van der Waals surface area contributed by atoms with Crippen molar-refractivity contribution >= 4 is 29.3 Å². The molecule has 1 aromatic carbocycles. The SMILES string of the molecule is Cc1cc(Nc2cc(C)[nH]n2)nc(N2CCN(C(=O)Nc3ccccc3)CC2)n1. The second kappa shape index (κ2) is 8.17. The Labute approximate surface area is 169 Å². The summed E-state index contributed by atoms with van der Waals surface area (Å²) in [4.78, 5) is 25.6. The molecule has 2 aromatic heterocycles. The molecule has 2 amide bonds. The number of carbonyl (C=O) groups is 1. The van der Waals surface area contributed by atoms with Crippen LogP contribution in [0.1, 0.15) is 11.4 Å². The van der Waals surface area contributed by atoms with Crippen molar-refractivity contribution in [3.8, 4) is 0 Å². The lowest BCUT2D eigenvalue weighted by atomic mass is 10.3. The number of H-pyrrole nitrogens is 1. The van der Waals surface area contributed by atoms with Crippen molar-refractivity contribution < 1.29 is 4.79 Å². The molecule has 0 spiro atoms. The van der Waals surface area contributed by atoms with Crippen molar-refractivity contribution in [2.45, 2.75) is 13.8 Å². The van der Waals surface area contributed by atoms with Gasteiger partial charge in [0.15, 0.2) is 5.82 Å². The van der Waals surface area contributed by atoms with Gasteiger partial charge in [-0.2, -0.15) is 10.1 Å². The molecule has 1 fully saturated rings. The fraction of sp³-hybridized carbons (Fsp3) is 0.300. The van der Waals surface area contributed by atoms with Gasteiger partial charge >= 0.3 is 6.03 Å². The Morgan fingerprint density at radius 1 is 1.00 bits per heavy atom. The standard InChI is InChI=1S/C20H24N8O/c1-14-12-17(23-18-13-15(2)25-26-18)24-19(21-14)27-8-10-28(11-9-27)20(29)22-16-6-4-3-5-7-16/h3-7,12-13H,8-11H2,1-2H3,(H,22,29)(H2,21,23,24,25,26). The van der Waals surface area contributed by atoms with E-state index >= 15 is 0 Å². The zero-order chi connectivity index (χ0) is 20.2. The second-order valence-electron chi connectivity index (χ2n) is 7.03. The number of hydrogen-bond donors (Lipinski definition) is 3. The van der Waals surface area contributed by atoms with Gasteiger partial charge in [0.2, 0.25) is 5.95 Å². The summed E-state index contributed by atoms with van der Waals surface area (Å²) in [5.41, 5.74) is 2.64. The number of hydrogen-bond acceptors (Lipinski definition) is 6. The van der Waals surface area contributed by atoms with Crippen LogP contribution >= 0.6 is 0 Å². The third-order valence-corrected chi connectivity index (χ3v) is 4.68. The minimum Gasteiger partial charge on any atom is -0.337 e. The molecule has 3 N–H and O–H groups in total. The van der Waals surface area contributed by atoms with Crippen LogP contribution in [0.25, 0.3) is 0 Å². The molecule has 1 aliphatic rings. The van der Waals surface area contributed by atoms with E-state index in [1.165, 1.54) is 0 Å². The number of rotatable bonds is 4. The Kier molecular flexibility index (Phi) is 5.28. The van der Waals surface area contributed by atoms with Crippen molar-refractivity contribution in [1.82, 2.24) is 25.1 Å². The fourth-order valence-electron chi connectivity index (χ4n) is 3.21. The first-order valence-electron chi connectivity index (χ1n) is 9.57. The number of amides is 2. The summed E-state index contributed by atoms with van der Waals surface area (Å²) < 4.78 is 0. The van der Waals surface area contributed by atoms with Gasteiger partial charge in [-0.3, -0.25) is 5.10 Å². The molecule has 1 aliphatic heterocycles. The van der Waals surface area contributed by atoms with E-state index in [-0.39, 0.29) is 6.03 Å². The van der Waals surface area contributed by atoms with E-state index in [0.717, 1.165) is 17.1 Å². The van der Waals surface area contributed by atoms with Gasteiger partial charge in [-0.15, -0.1) is 0 Å². The lowest BCUT2D eigenvalue weighted by Crippen LogP contribution is -2.50. The molecule has 0 unspecified atom stereocenters.